The van der Waals surface area contributed by atoms with Crippen molar-refractivity contribution in [2.24, 2.45) is 0 Å². The molecule has 1 heterocycles. The van der Waals surface area contributed by atoms with Crippen LogP contribution in [0.1, 0.15) is 47.0 Å². The van der Waals surface area contributed by atoms with Gasteiger partial charge in [-0.15, -0.1) is 0 Å². The Morgan fingerprint density at radius 3 is 2.23 bits per heavy atom. The Morgan fingerprint density at radius 1 is 1.23 bits per heavy atom. The van der Waals surface area contributed by atoms with E-state index in [9.17, 15) is 0 Å². The number of likely N-dealkylation sites (tertiary alicyclic amines) is 1. The summed E-state index contributed by atoms with van der Waals surface area (Å²) in [6.45, 7) is 10.2. The van der Waals surface area contributed by atoms with Gasteiger partial charge in [-0.3, -0.25) is 4.90 Å². The van der Waals surface area contributed by atoms with Crippen LogP contribution < -0.4 is 0 Å². The number of allylic oxidation sites excluding steroid dienone is 1. The van der Waals surface area contributed by atoms with Crippen molar-refractivity contribution in [3.05, 3.63) is 11.6 Å². The van der Waals surface area contributed by atoms with Crippen molar-refractivity contribution < 1.29 is 0 Å². The molecule has 1 rings (SSSR count). The Kier molecular flexibility index (Phi) is 3.98. The number of rotatable bonds is 2. The summed E-state index contributed by atoms with van der Waals surface area (Å²) in [5.41, 5.74) is 1.44. The van der Waals surface area contributed by atoms with Crippen molar-refractivity contribution in [2.75, 3.05) is 6.54 Å². The predicted octanol–water partition coefficient (Wildman–Crippen LogP) is 3.22. The van der Waals surface area contributed by atoms with Gasteiger partial charge in [0.2, 0.25) is 0 Å². The maximum Gasteiger partial charge on any atom is 0.0171 e. The summed E-state index contributed by atoms with van der Waals surface area (Å²) >= 11 is 0. The van der Waals surface area contributed by atoms with Crippen molar-refractivity contribution >= 4 is 0 Å². The maximum absolute atomic E-state index is 2.62. The van der Waals surface area contributed by atoms with E-state index in [2.05, 4.69) is 38.7 Å². The second kappa shape index (κ2) is 4.80. The van der Waals surface area contributed by atoms with Gasteiger partial charge in [0.1, 0.15) is 0 Å². The van der Waals surface area contributed by atoms with E-state index in [4.69, 9.17) is 0 Å². The minimum Gasteiger partial charge on any atom is -0.294 e. The Labute approximate surface area is 82.8 Å². The van der Waals surface area contributed by atoms with Crippen LogP contribution >= 0.6 is 0 Å². The molecule has 0 N–H and O–H groups in total. The van der Waals surface area contributed by atoms with E-state index in [0.717, 1.165) is 18.6 Å². The summed E-state index contributed by atoms with van der Waals surface area (Å²) in [7, 11) is 0. The predicted molar refractivity (Wildman–Crippen MR) is 58.9 cm³/mol. The number of piperidine rings is 1. The van der Waals surface area contributed by atoms with Gasteiger partial charge in [0.15, 0.2) is 0 Å². The highest BCUT2D eigenvalue weighted by Gasteiger charge is 2.22. The van der Waals surface area contributed by atoms with Crippen molar-refractivity contribution in [1.82, 2.24) is 4.90 Å². The van der Waals surface area contributed by atoms with Crippen LogP contribution in [0.25, 0.3) is 0 Å². The van der Waals surface area contributed by atoms with Crippen LogP contribution in [0.3, 0.4) is 0 Å². The quantitative estimate of drug-likeness (QED) is 0.591. The van der Waals surface area contributed by atoms with Crippen LogP contribution in [0.2, 0.25) is 0 Å². The molecule has 0 spiro atoms. The van der Waals surface area contributed by atoms with Crippen LogP contribution in [-0.4, -0.2) is 23.5 Å². The Morgan fingerprint density at radius 2 is 1.77 bits per heavy atom. The molecule has 0 aromatic carbocycles. The Balaban J connectivity index is 2.49. The highest BCUT2D eigenvalue weighted by molar-refractivity contribution is 4.97. The summed E-state index contributed by atoms with van der Waals surface area (Å²) < 4.78 is 0. The van der Waals surface area contributed by atoms with E-state index in [1.54, 1.807) is 0 Å². The van der Waals surface area contributed by atoms with E-state index >= 15 is 0 Å². The van der Waals surface area contributed by atoms with Gasteiger partial charge in [-0.1, -0.05) is 18.1 Å². The van der Waals surface area contributed by atoms with Crippen LogP contribution in [0.5, 0.6) is 0 Å². The first kappa shape index (κ1) is 10.8. The summed E-state index contributed by atoms with van der Waals surface area (Å²) in [6.07, 6.45) is 6.51. The van der Waals surface area contributed by atoms with Crippen LogP contribution in [-0.2, 0) is 0 Å². The van der Waals surface area contributed by atoms with E-state index in [-0.39, 0.29) is 0 Å². The third-order valence-corrected chi connectivity index (χ3v) is 3.09. The van der Waals surface area contributed by atoms with E-state index < -0.39 is 0 Å². The first-order chi connectivity index (χ1) is 6.11. The fourth-order valence-corrected chi connectivity index (χ4v) is 2.12. The topological polar surface area (TPSA) is 3.24 Å². The highest BCUT2D eigenvalue weighted by Crippen LogP contribution is 2.22. The fourth-order valence-electron chi connectivity index (χ4n) is 2.12. The summed E-state index contributed by atoms with van der Waals surface area (Å²) in [6, 6.07) is 1.55. The molecule has 76 valence electrons. The normalized spacial score (nSPS) is 30.2. The Hall–Kier alpha value is -0.300. The molecule has 0 bridgehead atoms. The monoisotopic (exact) mass is 181 g/mol. The van der Waals surface area contributed by atoms with Gasteiger partial charge in [0.25, 0.3) is 0 Å². The molecule has 2 atom stereocenters. The average molecular weight is 181 g/mol. The number of nitrogens with zero attached hydrogens (tertiary/aromatic N) is 1. The zero-order valence-corrected chi connectivity index (χ0v) is 9.51. The van der Waals surface area contributed by atoms with Gasteiger partial charge in [-0.05, 0) is 40.5 Å². The van der Waals surface area contributed by atoms with Gasteiger partial charge in [-0.2, -0.15) is 0 Å². The van der Waals surface area contributed by atoms with Crippen molar-refractivity contribution in [1.29, 1.82) is 0 Å². The first-order valence-electron chi connectivity index (χ1n) is 5.50. The van der Waals surface area contributed by atoms with Gasteiger partial charge in [0.05, 0.1) is 0 Å². The zero-order valence-electron chi connectivity index (χ0n) is 9.51. The molecule has 0 unspecified atom stereocenters. The molecular weight excluding hydrogens is 158 g/mol. The summed E-state index contributed by atoms with van der Waals surface area (Å²) in [4.78, 5) is 2.62. The smallest absolute Gasteiger partial charge is 0.0171 e. The minimum absolute atomic E-state index is 0.777. The molecule has 0 amide bonds. The molecule has 1 aliphatic rings. The van der Waals surface area contributed by atoms with Crippen molar-refractivity contribution in [3.63, 3.8) is 0 Å². The lowest BCUT2D eigenvalue weighted by Gasteiger charge is -2.38. The van der Waals surface area contributed by atoms with Gasteiger partial charge in [0, 0.05) is 18.6 Å². The van der Waals surface area contributed by atoms with Crippen LogP contribution in [0, 0.1) is 0 Å². The minimum atomic E-state index is 0.777. The van der Waals surface area contributed by atoms with Gasteiger partial charge >= 0.3 is 0 Å². The van der Waals surface area contributed by atoms with E-state index in [1.807, 2.05) is 0 Å². The van der Waals surface area contributed by atoms with Gasteiger partial charge in [-0.25, -0.2) is 0 Å². The molecule has 0 aromatic heterocycles. The molecule has 1 heteroatoms. The molecular formula is C12H23N. The lowest BCUT2D eigenvalue weighted by molar-refractivity contribution is 0.118. The lowest BCUT2D eigenvalue weighted by Crippen LogP contribution is -2.43. The standard InChI is InChI=1S/C12H23N/c1-10(2)8-9-13-11(3)6-5-7-12(13)4/h8,11-12H,5-7,9H2,1-4H3/t11-,12-/m1/s1. The Bertz CT molecular complexity index is 170. The summed E-state index contributed by atoms with van der Waals surface area (Å²) in [5, 5.41) is 0. The molecule has 1 saturated heterocycles. The molecule has 13 heavy (non-hydrogen) atoms. The molecule has 0 aromatic rings. The largest absolute Gasteiger partial charge is 0.294 e. The molecule has 1 aliphatic heterocycles. The summed E-state index contributed by atoms with van der Waals surface area (Å²) in [5.74, 6) is 0. The highest BCUT2D eigenvalue weighted by atomic mass is 15.2. The van der Waals surface area contributed by atoms with E-state index in [0.29, 0.717) is 0 Å². The molecule has 0 radical (unpaired) electrons. The molecule has 1 fully saturated rings. The fraction of sp³-hybridized carbons (Fsp3) is 0.833. The van der Waals surface area contributed by atoms with E-state index in [1.165, 1.54) is 24.8 Å². The van der Waals surface area contributed by atoms with Crippen LogP contribution in [0.4, 0.5) is 0 Å². The molecule has 1 nitrogen and oxygen atoms in total. The second-order valence-corrected chi connectivity index (χ2v) is 4.61. The molecule has 0 aliphatic carbocycles. The third kappa shape index (κ3) is 3.15. The SMILES string of the molecule is CC(C)=CCN1[C@H](C)CCC[C@H]1C. The lowest BCUT2D eigenvalue weighted by atomic mass is 9.97. The zero-order chi connectivity index (χ0) is 9.84. The molecule has 0 saturated carbocycles. The van der Waals surface area contributed by atoms with Crippen LogP contribution in [0.15, 0.2) is 11.6 Å². The second-order valence-electron chi connectivity index (χ2n) is 4.61. The number of hydrogen-bond acceptors (Lipinski definition) is 1. The number of hydrogen-bond donors (Lipinski definition) is 0. The van der Waals surface area contributed by atoms with Crippen molar-refractivity contribution in [2.45, 2.75) is 59.0 Å². The van der Waals surface area contributed by atoms with Gasteiger partial charge < -0.3 is 0 Å². The third-order valence-electron chi connectivity index (χ3n) is 3.09. The van der Waals surface area contributed by atoms with Crippen molar-refractivity contribution in [3.8, 4) is 0 Å². The first-order valence-corrected chi connectivity index (χ1v) is 5.50. The average Bonchev–Trinajstić information content (AvgIpc) is 2.03. The maximum atomic E-state index is 2.62.